The second kappa shape index (κ2) is 12.0. The Morgan fingerprint density at radius 3 is 1.59 bits per heavy atom. The Balaban J connectivity index is 2.06. The highest BCUT2D eigenvalue weighted by Gasteiger charge is 2.47. The molecule has 2 aliphatic heterocycles. The van der Waals surface area contributed by atoms with Gasteiger partial charge in [-0.25, -0.2) is 0 Å². The van der Waals surface area contributed by atoms with Gasteiger partial charge in [0, 0.05) is 11.5 Å². The Kier molecular flexibility index (Phi) is 9.94. The number of carbonyl (C=O) groups is 3. The molecule has 13 nitrogen and oxygen atoms in total. The number of nitrogens with zero attached hydrogens (tertiary/aromatic N) is 3. The fourth-order valence-electron chi connectivity index (χ4n) is 3.21. The predicted octanol–water partition coefficient (Wildman–Crippen LogP) is 2.90. The molecule has 0 amide bonds. The Morgan fingerprint density at radius 2 is 1.22 bits per heavy atom. The van der Waals surface area contributed by atoms with Crippen LogP contribution in [0.15, 0.2) is 5.11 Å². The first kappa shape index (κ1) is 30.8. The SMILES string of the molecule is CC1(C)OCC(C)(C(=O)OCC(C)(COC(=O)C2(C)COC(C)(C)OC2)C(=O)OCCCN=[N+]=[N-])CO1. The third-order valence-corrected chi connectivity index (χ3v) is 6.17. The van der Waals surface area contributed by atoms with Crippen LogP contribution in [0.4, 0.5) is 0 Å². The van der Waals surface area contributed by atoms with Gasteiger partial charge in [-0.1, -0.05) is 5.11 Å². The smallest absolute Gasteiger partial charge is 0.318 e. The van der Waals surface area contributed by atoms with Gasteiger partial charge >= 0.3 is 17.9 Å². The standard InChI is InChI=1S/C24H39N3O10/c1-20(2)34-13-23(6,14-35-20)18(29)32-11-22(5,17(28)31-10-8-9-26-27-25)12-33-19(30)24(7)15-36-21(3,4)37-16-24/h8-16H2,1-7H3. The van der Waals surface area contributed by atoms with Gasteiger partial charge in [-0.2, -0.15) is 0 Å². The fourth-order valence-corrected chi connectivity index (χ4v) is 3.21. The van der Waals surface area contributed by atoms with Crippen molar-refractivity contribution < 1.29 is 47.5 Å². The molecule has 0 atom stereocenters. The minimum absolute atomic E-state index is 0.0295. The van der Waals surface area contributed by atoms with E-state index in [-0.39, 0.29) is 39.6 Å². The van der Waals surface area contributed by atoms with E-state index in [1.54, 1.807) is 41.5 Å². The third-order valence-electron chi connectivity index (χ3n) is 6.17. The first-order valence-electron chi connectivity index (χ1n) is 12.1. The van der Waals surface area contributed by atoms with Crippen LogP contribution >= 0.6 is 0 Å². The summed E-state index contributed by atoms with van der Waals surface area (Å²) in [7, 11) is 0. The summed E-state index contributed by atoms with van der Waals surface area (Å²) in [4.78, 5) is 41.5. The van der Waals surface area contributed by atoms with E-state index in [0.717, 1.165) is 0 Å². The summed E-state index contributed by atoms with van der Waals surface area (Å²) in [5.74, 6) is -3.63. The number of azide groups is 1. The van der Waals surface area contributed by atoms with Crippen molar-refractivity contribution in [2.45, 2.75) is 66.5 Å². The Labute approximate surface area is 217 Å². The van der Waals surface area contributed by atoms with Gasteiger partial charge in [-0.15, -0.1) is 0 Å². The summed E-state index contributed by atoms with van der Waals surface area (Å²) < 4.78 is 38.7. The van der Waals surface area contributed by atoms with E-state index in [9.17, 15) is 14.4 Å². The molecule has 2 saturated heterocycles. The highest BCUT2D eigenvalue weighted by atomic mass is 16.7. The molecule has 0 unspecified atom stereocenters. The Morgan fingerprint density at radius 1 is 0.811 bits per heavy atom. The van der Waals surface area contributed by atoms with Crippen molar-refractivity contribution in [2.75, 3.05) is 52.8 Å². The number of hydrogen-bond donors (Lipinski definition) is 0. The fraction of sp³-hybridized carbons (Fsp3) is 0.875. The molecule has 0 radical (unpaired) electrons. The van der Waals surface area contributed by atoms with Gasteiger partial charge in [0.25, 0.3) is 0 Å². The van der Waals surface area contributed by atoms with Crippen molar-refractivity contribution in [1.29, 1.82) is 0 Å². The Hall–Kier alpha value is -2.44. The lowest BCUT2D eigenvalue weighted by Crippen LogP contribution is -2.51. The van der Waals surface area contributed by atoms with E-state index in [4.69, 9.17) is 38.7 Å². The minimum atomic E-state index is -1.51. The summed E-state index contributed by atoms with van der Waals surface area (Å²) in [6.07, 6.45) is 0.302. The molecule has 0 saturated carbocycles. The van der Waals surface area contributed by atoms with Crippen LogP contribution in [0.2, 0.25) is 0 Å². The van der Waals surface area contributed by atoms with E-state index in [1.807, 2.05) is 0 Å². The normalized spacial score (nSPS) is 21.7. The van der Waals surface area contributed by atoms with Crippen LogP contribution in [-0.2, 0) is 47.5 Å². The number of rotatable bonds is 11. The second-order valence-electron chi connectivity index (χ2n) is 11.2. The van der Waals surface area contributed by atoms with Gasteiger partial charge in [0.15, 0.2) is 11.6 Å². The van der Waals surface area contributed by atoms with Crippen LogP contribution in [-0.4, -0.2) is 82.3 Å². The van der Waals surface area contributed by atoms with E-state index in [2.05, 4.69) is 10.0 Å². The number of esters is 3. The van der Waals surface area contributed by atoms with Crippen LogP contribution < -0.4 is 0 Å². The van der Waals surface area contributed by atoms with Gasteiger partial charge in [-0.3, -0.25) is 14.4 Å². The minimum Gasteiger partial charge on any atom is -0.465 e. The zero-order chi connectivity index (χ0) is 28.0. The van der Waals surface area contributed by atoms with Gasteiger partial charge in [0.05, 0.1) is 33.0 Å². The van der Waals surface area contributed by atoms with Crippen molar-refractivity contribution in [3.63, 3.8) is 0 Å². The van der Waals surface area contributed by atoms with Gasteiger partial charge in [0.2, 0.25) is 0 Å². The maximum atomic E-state index is 13.0. The first-order chi connectivity index (χ1) is 17.1. The van der Waals surface area contributed by atoms with Crippen LogP contribution in [0.3, 0.4) is 0 Å². The highest BCUT2D eigenvalue weighted by Crippen LogP contribution is 2.33. The molecule has 0 aromatic carbocycles. The molecule has 2 fully saturated rings. The molecule has 0 N–H and O–H groups in total. The molecular formula is C24H39N3O10. The molecule has 0 aromatic heterocycles. The average Bonchev–Trinajstić information content (AvgIpc) is 2.84. The van der Waals surface area contributed by atoms with E-state index < -0.39 is 58.9 Å². The molecule has 0 aliphatic carbocycles. The van der Waals surface area contributed by atoms with Crippen LogP contribution in [0.1, 0.15) is 54.9 Å². The van der Waals surface area contributed by atoms with Gasteiger partial charge in [0.1, 0.15) is 29.5 Å². The number of ether oxygens (including phenoxy) is 7. The maximum Gasteiger partial charge on any atom is 0.318 e. The quantitative estimate of drug-likeness (QED) is 0.0970. The molecular weight excluding hydrogens is 490 g/mol. The van der Waals surface area contributed by atoms with E-state index in [1.165, 1.54) is 6.92 Å². The molecule has 0 aromatic rings. The maximum absolute atomic E-state index is 13.0. The van der Waals surface area contributed by atoms with Crippen molar-refractivity contribution >= 4 is 17.9 Å². The summed E-state index contributed by atoms with van der Waals surface area (Å²) >= 11 is 0. The van der Waals surface area contributed by atoms with Crippen LogP contribution in [0, 0.1) is 16.2 Å². The lowest BCUT2D eigenvalue weighted by molar-refractivity contribution is -0.282. The third kappa shape index (κ3) is 8.54. The first-order valence-corrected chi connectivity index (χ1v) is 12.1. The molecule has 37 heavy (non-hydrogen) atoms. The molecule has 2 aliphatic rings. The van der Waals surface area contributed by atoms with Crippen molar-refractivity contribution in [1.82, 2.24) is 0 Å². The number of hydrogen-bond acceptors (Lipinski definition) is 11. The zero-order valence-corrected chi connectivity index (χ0v) is 22.8. The van der Waals surface area contributed by atoms with Crippen molar-refractivity contribution in [2.24, 2.45) is 21.4 Å². The topological polar surface area (TPSA) is 165 Å². The van der Waals surface area contributed by atoms with Gasteiger partial charge in [-0.05, 0) is 60.4 Å². The summed E-state index contributed by atoms with van der Waals surface area (Å²) in [5, 5.41) is 3.39. The second-order valence-corrected chi connectivity index (χ2v) is 11.2. The van der Waals surface area contributed by atoms with E-state index >= 15 is 0 Å². The van der Waals surface area contributed by atoms with Crippen molar-refractivity contribution in [3.05, 3.63) is 10.4 Å². The van der Waals surface area contributed by atoms with E-state index in [0.29, 0.717) is 6.42 Å². The molecule has 0 spiro atoms. The predicted molar refractivity (Wildman–Crippen MR) is 128 cm³/mol. The summed E-state index contributed by atoms with van der Waals surface area (Å²) in [6.45, 7) is 11.3. The van der Waals surface area contributed by atoms with Crippen LogP contribution in [0.5, 0.6) is 0 Å². The highest BCUT2D eigenvalue weighted by molar-refractivity contribution is 5.81. The zero-order valence-electron chi connectivity index (χ0n) is 22.8. The largest absolute Gasteiger partial charge is 0.465 e. The Bertz CT molecular complexity index is 827. The molecule has 0 bridgehead atoms. The number of carbonyl (C=O) groups excluding carboxylic acids is 3. The molecule has 13 heteroatoms. The molecule has 210 valence electrons. The monoisotopic (exact) mass is 529 g/mol. The van der Waals surface area contributed by atoms with Gasteiger partial charge < -0.3 is 33.2 Å². The summed E-state index contributed by atoms with van der Waals surface area (Å²) in [6, 6.07) is 0. The van der Waals surface area contributed by atoms with Crippen molar-refractivity contribution in [3.8, 4) is 0 Å². The van der Waals surface area contributed by atoms with Crippen LogP contribution in [0.25, 0.3) is 10.4 Å². The molecule has 2 rings (SSSR count). The summed E-state index contributed by atoms with van der Waals surface area (Å²) in [5.41, 5.74) is 4.71. The molecule has 2 heterocycles. The average molecular weight is 530 g/mol. The lowest BCUT2D eigenvalue weighted by Gasteiger charge is -2.40. The lowest BCUT2D eigenvalue weighted by atomic mass is 9.89.